The molecule has 0 aliphatic carbocycles. The standard InChI is InChI=1S/C9H5NSe/c10-6-8-3-1-2-7-4-5-11-9(7)8/h1-5H. The average Bonchev–Trinajstić information content (AvgIpc) is 2.50. The van der Waals surface area contributed by atoms with Crippen LogP contribution in [0.25, 0.3) is 9.65 Å². The third-order valence-electron chi connectivity index (χ3n) is 1.60. The van der Waals surface area contributed by atoms with Crippen molar-refractivity contribution in [2.75, 3.05) is 0 Å². The first kappa shape index (κ1) is 6.67. The molecule has 0 aliphatic rings. The van der Waals surface area contributed by atoms with Gasteiger partial charge in [0.05, 0.1) is 0 Å². The van der Waals surface area contributed by atoms with Gasteiger partial charge in [0.2, 0.25) is 0 Å². The van der Waals surface area contributed by atoms with Gasteiger partial charge in [-0.05, 0) is 0 Å². The SMILES string of the molecule is N#Cc1cccc2cc[se]c12. The van der Waals surface area contributed by atoms with Crippen LogP contribution in [0.4, 0.5) is 0 Å². The van der Waals surface area contributed by atoms with E-state index in [0.717, 1.165) is 5.56 Å². The first-order valence-electron chi connectivity index (χ1n) is 3.28. The summed E-state index contributed by atoms with van der Waals surface area (Å²) in [5, 5.41) is 9.96. The zero-order chi connectivity index (χ0) is 7.68. The molecule has 2 heteroatoms. The number of benzene rings is 1. The van der Waals surface area contributed by atoms with Crippen molar-refractivity contribution in [2.24, 2.45) is 0 Å². The summed E-state index contributed by atoms with van der Waals surface area (Å²) in [5.41, 5.74) is 0.840. The van der Waals surface area contributed by atoms with Gasteiger partial charge in [0, 0.05) is 0 Å². The van der Waals surface area contributed by atoms with Crippen LogP contribution in [-0.2, 0) is 0 Å². The van der Waals surface area contributed by atoms with Gasteiger partial charge in [-0.3, -0.25) is 0 Å². The fourth-order valence-corrected chi connectivity index (χ4v) is 2.89. The molecular weight excluding hydrogens is 201 g/mol. The normalized spacial score (nSPS) is 9.73. The number of rotatable bonds is 0. The van der Waals surface area contributed by atoms with Gasteiger partial charge in [0.1, 0.15) is 0 Å². The summed E-state index contributed by atoms with van der Waals surface area (Å²) in [7, 11) is 0. The van der Waals surface area contributed by atoms with Crippen LogP contribution in [0.3, 0.4) is 0 Å². The molecule has 0 bridgehead atoms. The molecule has 1 aromatic carbocycles. The number of nitrogens with zero attached hydrogens (tertiary/aromatic N) is 1. The molecular formula is C9H5NSe. The number of nitriles is 1. The minimum atomic E-state index is 0.391. The Morgan fingerprint density at radius 2 is 2.18 bits per heavy atom. The van der Waals surface area contributed by atoms with Gasteiger partial charge in [-0.2, -0.15) is 0 Å². The summed E-state index contributed by atoms with van der Waals surface area (Å²) in [6.45, 7) is 0. The van der Waals surface area contributed by atoms with E-state index in [2.05, 4.69) is 23.1 Å². The van der Waals surface area contributed by atoms with E-state index in [9.17, 15) is 0 Å². The van der Waals surface area contributed by atoms with Crippen LogP contribution >= 0.6 is 0 Å². The Kier molecular flexibility index (Phi) is 1.54. The van der Waals surface area contributed by atoms with E-state index < -0.39 is 0 Å². The fraction of sp³-hybridized carbons (Fsp3) is 0. The Hall–Kier alpha value is -1.03. The minimum absolute atomic E-state index is 0.391. The molecule has 0 saturated heterocycles. The molecule has 0 spiro atoms. The number of fused-ring (bicyclic) bond motifs is 1. The molecule has 0 unspecified atom stereocenters. The predicted octanol–water partition coefficient (Wildman–Crippen LogP) is 1.77. The third kappa shape index (κ3) is 0.991. The number of hydrogen-bond donors (Lipinski definition) is 0. The summed E-state index contributed by atoms with van der Waals surface area (Å²) in [6.07, 6.45) is 0. The van der Waals surface area contributed by atoms with Gasteiger partial charge in [0.15, 0.2) is 0 Å². The van der Waals surface area contributed by atoms with E-state index in [1.807, 2.05) is 12.1 Å². The second-order valence-corrected chi connectivity index (χ2v) is 4.18. The first-order chi connectivity index (χ1) is 5.42. The fourth-order valence-electron chi connectivity index (χ4n) is 1.08. The zero-order valence-corrected chi connectivity index (χ0v) is 7.46. The molecule has 52 valence electrons. The Balaban J connectivity index is 2.92. The summed E-state index contributed by atoms with van der Waals surface area (Å²) in [5.74, 6) is 0. The molecule has 2 rings (SSSR count). The van der Waals surface area contributed by atoms with Gasteiger partial charge in [0.25, 0.3) is 0 Å². The molecule has 0 aliphatic heterocycles. The monoisotopic (exact) mass is 207 g/mol. The molecule has 2 aromatic rings. The van der Waals surface area contributed by atoms with Crippen molar-refractivity contribution < 1.29 is 0 Å². The molecule has 1 aromatic heterocycles. The third-order valence-corrected chi connectivity index (χ3v) is 3.62. The van der Waals surface area contributed by atoms with Crippen molar-refractivity contribution in [1.29, 1.82) is 5.26 Å². The van der Waals surface area contributed by atoms with Crippen molar-refractivity contribution in [1.82, 2.24) is 0 Å². The van der Waals surface area contributed by atoms with Crippen LogP contribution in [0.2, 0.25) is 0 Å². The van der Waals surface area contributed by atoms with Crippen molar-refractivity contribution in [3.05, 3.63) is 34.8 Å². The van der Waals surface area contributed by atoms with E-state index in [-0.39, 0.29) is 0 Å². The topological polar surface area (TPSA) is 23.8 Å². The molecule has 0 saturated carbocycles. The van der Waals surface area contributed by atoms with E-state index in [1.54, 1.807) is 0 Å². The maximum atomic E-state index is 8.73. The molecule has 0 atom stereocenters. The van der Waals surface area contributed by atoms with E-state index >= 15 is 0 Å². The van der Waals surface area contributed by atoms with Crippen LogP contribution in [0, 0.1) is 11.3 Å². The second-order valence-electron chi connectivity index (χ2n) is 2.26. The summed E-state index contributed by atoms with van der Waals surface area (Å²) >= 11 is 0.391. The Morgan fingerprint density at radius 3 is 3.00 bits per heavy atom. The Morgan fingerprint density at radius 1 is 1.27 bits per heavy atom. The zero-order valence-electron chi connectivity index (χ0n) is 5.74. The van der Waals surface area contributed by atoms with Gasteiger partial charge in [-0.15, -0.1) is 0 Å². The van der Waals surface area contributed by atoms with E-state index in [0.29, 0.717) is 14.5 Å². The van der Waals surface area contributed by atoms with E-state index in [1.165, 1.54) is 9.65 Å². The van der Waals surface area contributed by atoms with Crippen LogP contribution in [0.5, 0.6) is 0 Å². The van der Waals surface area contributed by atoms with Crippen LogP contribution in [-0.4, -0.2) is 14.5 Å². The van der Waals surface area contributed by atoms with Crippen molar-refractivity contribution in [3.63, 3.8) is 0 Å². The molecule has 0 amide bonds. The van der Waals surface area contributed by atoms with Crippen LogP contribution < -0.4 is 0 Å². The quantitative estimate of drug-likeness (QED) is 0.602. The maximum absolute atomic E-state index is 8.73. The molecule has 11 heavy (non-hydrogen) atoms. The van der Waals surface area contributed by atoms with Crippen molar-refractivity contribution in [2.45, 2.75) is 0 Å². The predicted molar refractivity (Wildman–Crippen MR) is 45.6 cm³/mol. The Bertz CT molecular complexity index is 422. The summed E-state index contributed by atoms with van der Waals surface area (Å²) in [4.78, 5) is 2.15. The van der Waals surface area contributed by atoms with Gasteiger partial charge in [-0.25, -0.2) is 0 Å². The van der Waals surface area contributed by atoms with Gasteiger partial charge in [-0.1, -0.05) is 0 Å². The molecule has 1 nitrogen and oxygen atoms in total. The molecule has 0 N–H and O–H groups in total. The van der Waals surface area contributed by atoms with Gasteiger partial charge >= 0.3 is 70.3 Å². The second kappa shape index (κ2) is 2.54. The first-order valence-corrected chi connectivity index (χ1v) is 5.13. The van der Waals surface area contributed by atoms with Crippen LogP contribution in [0.1, 0.15) is 5.56 Å². The average molecular weight is 206 g/mol. The molecule has 0 fully saturated rings. The summed E-state index contributed by atoms with van der Waals surface area (Å²) in [6, 6.07) is 10.2. The van der Waals surface area contributed by atoms with Crippen molar-refractivity contribution >= 4 is 24.1 Å². The van der Waals surface area contributed by atoms with Crippen LogP contribution in [0.15, 0.2) is 29.2 Å². The molecule has 0 radical (unpaired) electrons. The van der Waals surface area contributed by atoms with E-state index in [4.69, 9.17) is 5.26 Å². The number of hydrogen-bond acceptors (Lipinski definition) is 1. The molecule has 1 heterocycles. The van der Waals surface area contributed by atoms with Crippen molar-refractivity contribution in [3.8, 4) is 6.07 Å². The van der Waals surface area contributed by atoms with Gasteiger partial charge < -0.3 is 0 Å². The Labute approximate surface area is 70.6 Å². The summed E-state index contributed by atoms with van der Waals surface area (Å²) < 4.78 is 1.24.